The molecule has 132 valence electrons. The van der Waals surface area contributed by atoms with Gasteiger partial charge in [-0.2, -0.15) is 0 Å². The lowest BCUT2D eigenvalue weighted by Crippen LogP contribution is -2.40. The minimum absolute atomic E-state index is 0. The molecular weight excluding hydrogens is 433 g/mol. The van der Waals surface area contributed by atoms with Crippen LogP contribution in [0.25, 0.3) is 0 Å². The maximum Gasteiger partial charge on any atom is 0.193 e. The largest absolute Gasteiger partial charge is 0.492 e. The molecule has 2 rings (SSSR count). The molecule has 0 atom stereocenters. The molecule has 6 heteroatoms. The molecule has 0 radical (unpaired) electrons. The van der Waals surface area contributed by atoms with E-state index in [1.807, 2.05) is 30.3 Å². The SMILES string of the molecule is CCNC(=NCCOc1ccccc1)N(C)CCc1cccs1.I. The third-order valence-corrected chi connectivity index (χ3v) is 4.27. The molecule has 0 spiro atoms. The van der Waals surface area contributed by atoms with Crippen LogP contribution in [0.1, 0.15) is 11.8 Å². The number of ether oxygens (including phenoxy) is 1. The summed E-state index contributed by atoms with van der Waals surface area (Å²) in [6, 6.07) is 14.1. The average Bonchev–Trinajstić information content (AvgIpc) is 3.10. The predicted octanol–water partition coefficient (Wildman–Crippen LogP) is 3.88. The fourth-order valence-corrected chi connectivity index (χ4v) is 2.84. The molecule has 0 bridgehead atoms. The highest BCUT2D eigenvalue weighted by Crippen LogP contribution is 2.09. The van der Waals surface area contributed by atoms with Crippen molar-refractivity contribution in [1.29, 1.82) is 0 Å². The Balaban J connectivity index is 0.00000288. The monoisotopic (exact) mass is 459 g/mol. The number of thiophene rings is 1. The summed E-state index contributed by atoms with van der Waals surface area (Å²) in [5.74, 6) is 1.82. The summed E-state index contributed by atoms with van der Waals surface area (Å²) in [6.45, 7) is 5.12. The van der Waals surface area contributed by atoms with Crippen LogP contribution >= 0.6 is 35.3 Å². The van der Waals surface area contributed by atoms with E-state index in [1.165, 1.54) is 4.88 Å². The van der Waals surface area contributed by atoms with Gasteiger partial charge in [-0.25, -0.2) is 4.99 Å². The minimum atomic E-state index is 0. The molecule has 0 fully saturated rings. The van der Waals surface area contributed by atoms with Crippen molar-refractivity contribution in [3.8, 4) is 5.75 Å². The lowest BCUT2D eigenvalue weighted by Gasteiger charge is -2.21. The van der Waals surface area contributed by atoms with Gasteiger partial charge in [-0.1, -0.05) is 24.3 Å². The summed E-state index contributed by atoms with van der Waals surface area (Å²) < 4.78 is 5.68. The van der Waals surface area contributed by atoms with Gasteiger partial charge >= 0.3 is 0 Å². The van der Waals surface area contributed by atoms with Crippen LogP contribution in [0.3, 0.4) is 0 Å². The highest BCUT2D eigenvalue weighted by molar-refractivity contribution is 14.0. The Kier molecular flexibility index (Phi) is 10.5. The summed E-state index contributed by atoms with van der Waals surface area (Å²) in [4.78, 5) is 8.21. The summed E-state index contributed by atoms with van der Waals surface area (Å²) in [5.41, 5.74) is 0. The van der Waals surface area contributed by atoms with Gasteiger partial charge in [0, 0.05) is 25.0 Å². The summed E-state index contributed by atoms with van der Waals surface area (Å²) in [5, 5.41) is 5.46. The van der Waals surface area contributed by atoms with E-state index >= 15 is 0 Å². The number of rotatable bonds is 8. The molecule has 0 aliphatic heterocycles. The van der Waals surface area contributed by atoms with Crippen molar-refractivity contribution in [2.45, 2.75) is 13.3 Å². The number of halogens is 1. The second-order valence-corrected chi connectivity index (χ2v) is 6.18. The number of benzene rings is 1. The lowest BCUT2D eigenvalue weighted by molar-refractivity contribution is 0.327. The third kappa shape index (κ3) is 7.53. The lowest BCUT2D eigenvalue weighted by atomic mass is 10.3. The third-order valence-electron chi connectivity index (χ3n) is 3.33. The Morgan fingerprint density at radius 3 is 2.67 bits per heavy atom. The first-order valence-corrected chi connectivity index (χ1v) is 8.87. The van der Waals surface area contributed by atoms with Crippen LogP contribution in [0.4, 0.5) is 0 Å². The molecule has 0 aliphatic carbocycles. The van der Waals surface area contributed by atoms with Gasteiger partial charge in [0.25, 0.3) is 0 Å². The summed E-state index contributed by atoms with van der Waals surface area (Å²) in [6.07, 6.45) is 1.04. The first-order valence-electron chi connectivity index (χ1n) is 7.99. The Morgan fingerprint density at radius 2 is 2.00 bits per heavy atom. The fraction of sp³-hybridized carbons (Fsp3) is 0.389. The normalized spacial score (nSPS) is 10.8. The zero-order chi connectivity index (χ0) is 16.3. The number of likely N-dealkylation sites (N-methyl/N-ethyl adjacent to an activating group) is 1. The van der Waals surface area contributed by atoms with E-state index in [0.717, 1.165) is 31.2 Å². The number of aliphatic imine (C=N–C) groups is 1. The van der Waals surface area contributed by atoms with E-state index < -0.39 is 0 Å². The van der Waals surface area contributed by atoms with Gasteiger partial charge in [0.1, 0.15) is 12.4 Å². The standard InChI is InChI=1S/C18H25N3OS.HI/c1-3-19-18(21(2)13-11-17-10-7-15-23-17)20-12-14-22-16-8-5-4-6-9-16;/h4-10,15H,3,11-14H2,1-2H3,(H,19,20);1H. The highest BCUT2D eigenvalue weighted by atomic mass is 127. The molecule has 1 heterocycles. The van der Waals surface area contributed by atoms with Crippen LogP contribution in [0.2, 0.25) is 0 Å². The van der Waals surface area contributed by atoms with E-state index in [1.54, 1.807) is 11.3 Å². The van der Waals surface area contributed by atoms with Gasteiger partial charge in [0.2, 0.25) is 0 Å². The first kappa shape index (κ1) is 20.8. The van der Waals surface area contributed by atoms with Crippen molar-refractivity contribution >= 4 is 41.3 Å². The predicted molar refractivity (Wildman–Crippen MR) is 114 cm³/mol. The molecule has 0 amide bonds. The highest BCUT2D eigenvalue weighted by Gasteiger charge is 2.06. The molecule has 2 aromatic rings. The van der Waals surface area contributed by atoms with E-state index in [-0.39, 0.29) is 24.0 Å². The average molecular weight is 459 g/mol. The van der Waals surface area contributed by atoms with Crippen molar-refractivity contribution in [3.05, 3.63) is 52.7 Å². The van der Waals surface area contributed by atoms with Gasteiger partial charge in [-0.3, -0.25) is 0 Å². The van der Waals surface area contributed by atoms with Crippen molar-refractivity contribution in [2.24, 2.45) is 4.99 Å². The van der Waals surface area contributed by atoms with Gasteiger partial charge < -0.3 is 15.0 Å². The second-order valence-electron chi connectivity index (χ2n) is 5.15. The molecule has 4 nitrogen and oxygen atoms in total. The van der Waals surface area contributed by atoms with Crippen LogP contribution in [0.5, 0.6) is 5.75 Å². The molecular formula is C18H26IN3OS. The second kappa shape index (κ2) is 12.1. The van der Waals surface area contributed by atoms with Crippen molar-refractivity contribution in [1.82, 2.24) is 10.2 Å². The van der Waals surface area contributed by atoms with Crippen LogP contribution in [-0.4, -0.2) is 44.1 Å². The molecule has 24 heavy (non-hydrogen) atoms. The number of guanidine groups is 1. The molecule has 1 N–H and O–H groups in total. The zero-order valence-electron chi connectivity index (χ0n) is 14.3. The fourth-order valence-electron chi connectivity index (χ4n) is 2.14. The van der Waals surface area contributed by atoms with E-state index in [4.69, 9.17) is 4.74 Å². The number of nitrogens with one attached hydrogen (secondary N) is 1. The van der Waals surface area contributed by atoms with Gasteiger partial charge in [0.05, 0.1) is 6.54 Å². The van der Waals surface area contributed by atoms with Crippen molar-refractivity contribution in [3.63, 3.8) is 0 Å². The van der Waals surface area contributed by atoms with Crippen molar-refractivity contribution in [2.75, 3.05) is 33.3 Å². The van der Waals surface area contributed by atoms with Crippen LogP contribution in [-0.2, 0) is 6.42 Å². The van der Waals surface area contributed by atoms with Gasteiger partial charge in [0.15, 0.2) is 5.96 Å². The first-order chi connectivity index (χ1) is 11.3. The van der Waals surface area contributed by atoms with Crippen LogP contribution < -0.4 is 10.1 Å². The molecule has 0 saturated heterocycles. The Bertz CT molecular complexity index is 575. The summed E-state index contributed by atoms with van der Waals surface area (Å²) >= 11 is 1.80. The Labute approximate surface area is 166 Å². The van der Waals surface area contributed by atoms with E-state index in [9.17, 15) is 0 Å². The van der Waals surface area contributed by atoms with Crippen LogP contribution in [0.15, 0.2) is 52.8 Å². The molecule has 0 saturated carbocycles. The smallest absolute Gasteiger partial charge is 0.193 e. The summed E-state index contributed by atoms with van der Waals surface area (Å²) in [7, 11) is 2.08. The number of hydrogen-bond acceptors (Lipinski definition) is 3. The van der Waals surface area contributed by atoms with E-state index in [2.05, 4.69) is 46.7 Å². The van der Waals surface area contributed by atoms with Gasteiger partial charge in [-0.15, -0.1) is 35.3 Å². The van der Waals surface area contributed by atoms with Gasteiger partial charge in [-0.05, 0) is 36.9 Å². The number of para-hydroxylation sites is 1. The van der Waals surface area contributed by atoms with Crippen molar-refractivity contribution < 1.29 is 4.74 Å². The topological polar surface area (TPSA) is 36.9 Å². The Morgan fingerprint density at radius 1 is 1.21 bits per heavy atom. The number of nitrogens with zero attached hydrogens (tertiary/aromatic N) is 2. The zero-order valence-corrected chi connectivity index (χ0v) is 17.4. The number of hydrogen-bond donors (Lipinski definition) is 1. The van der Waals surface area contributed by atoms with E-state index in [0.29, 0.717) is 13.2 Å². The molecule has 1 aromatic heterocycles. The maximum atomic E-state index is 5.68. The molecule has 0 aliphatic rings. The molecule has 0 unspecified atom stereocenters. The minimum Gasteiger partial charge on any atom is -0.492 e. The van der Waals surface area contributed by atoms with Crippen LogP contribution in [0, 0.1) is 0 Å². The Hall–Kier alpha value is -1.28. The maximum absolute atomic E-state index is 5.68. The quantitative estimate of drug-likeness (QED) is 0.282. The molecule has 1 aromatic carbocycles.